The van der Waals surface area contributed by atoms with Gasteiger partial charge in [-0.2, -0.15) is 4.31 Å². The molecule has 2 aromatic carbocycles. The summed E-state index contributed by atoms with van der Waals surface area (Å²) in [6.45, 7) is 5.10. The van der Waals surface area contributed by atoms with E-state index in [2.05, 4.69) is 9.80 Å². The zero-order chi connectivity index (χ0) is 23.8. The molecule has 0 aliphatic carbocycles. The van der Waals surface area contributed by atoms with Gasteiger partial charge in [-0.15, -0.1) is 0 Å². The van der Waals surface area contributed by atoms with Crippen LogP contribution < -0.4 is 9.64 Å². The molecule has 0 saturated carbocycles. The van der Waals surface area contributed by atoms with Crippen molar-refractivity contribution in [3.05, 3.63) is 53.8 Å². The maximum absolute atomic E-state index is 14.1. The van der Waals surface area contributed by atoms with Gasteiger partial charge < -0.3 is 19.1 Å². The Morgan fingerprint density at radius 2 is 1.74 bits per heavy atom. The summed E-state index contributed by atoms with van der Waals surface area (Å²) < 4.78 is 59.8. The van der Waals surface area contributed by atoms with Crippen LogP contribution >= 0.6 is 0 Å². The highest BCUT2D eigenvalue weighted by Gasteiger charge is 2.52. The number of para-hydroxylation sites is 1. The quantitative estimate of drug-likeness (QED) is 0.614. The van der Waals surface area contributed by atoms with Crippen LogP contribution in [0.4, 0.5) is 10.1 Å². The summed E-state index contributed by atoms with van der Waals surface area (Å²) in [5.41, 5.74) is 1.09. The van der Waals surface area contributed by atoms with Crippen molar-refractivity contribution < 1.29 is 27.0 Å². The summed E-state index contributed by atoms with van der Waals surface area (Å²) in [6, 6.07) is 11.8. The van der Waals surface area contributed by atoms with Gasteiger partial charge in [0.2, 0.25) is 15.8 Å². The van der Waals surface area contributed by atoms with E-state index in [-0.39, 0.29) is 17.3 Å². The molecule has 0 amide bonds. The van der Waals surface area contributed by atoms with Gasteiger partial charge in [0.1, 0.15) is 11.6 Å². The number of sulfonamides is 1. The minimum atomic E-state index is -3.71. The number of nitrogens with zero attached hydrogens (tertiary/aromatic N) is 3. The third-order valence-corrected chi connectivity index (χ3v) is 8.68. The molecule has 5 rings (SSSR count). The van der Waals surface area contributed by atoms with E-state index in [1.165, 1.54) is 17.5 Å². The number of hydrogen-bond donors (Lipinski definition) is 0. The summed E-state index contributed by atoms with van der Waals surface area (Å²) in [5, 5.41) is 0. The van der Waals surface area contributed by atoms with Crippen molar-refractivity contribution in [2.75, 3.05) is 71.0 Å². The topological polar surface area (TPSA) is 71.6 Å². The van der Waals surface area contributed by atoms with Crippen LogP contribution in [0.3, 0.4) is 0 Å². The van der Waals surface area contributed by atoms with Gasteiger partial charge in [-0.25, -0.2) is 12.8 Å². The highest BCUT2D eigenvalue weighted by molar-refractivity contribution is 7.89. The number of ether oxygens (including phenoxy) is 3. The lowest BCUT2D eigenvalue weighted by molar-refractivity contribution is -0.177. The molecule has 2 aromatic rings. The van der Waals surface area contributed by atoms with Crippen LogP contribution in [0, 0.1) is 5.82 Å². The Bertz CT molecular complexity index is 1130. The number of benzene rings is 2. The Labute approximate surface area is 199 Å². The molecule has 1 spiro atoms. The third kappa shape index (κ3) is 4.18. The lowest BCUT2D eigenvalue weighted by atomic mass is 10.0. The minimum Gasteiger partial charge on any atom is -0.496 e. The smallest absolute Gasteiger partial charge is 0.243 e. The highest BCUT2D eigenvalue weighted by atomic mass is 32.2. The number of hydrogen-bond acceptors (Lipinski definition) is 7. The summed E-state index contributed by atoms with van der Waals surface area (Å²) in [6.07, 6.45) is 0.675. The fraction of sp³-hybridized carbons (Fsp3) is 0.500. The van der Waals surface area contributed by atoms with E-state index in [4.69, 9.17) is 14.2 Å². The van der Waals surface area contributed by atoms with Crippen molar-refractivity contribution in [3.63, 3.8) is 0 Å². The Morgan fingerprint density at radius 1 is 1.00 bits per heavy atom. The molecule has 0 atom stereocenters. The van der Waals surface area contributed by atoms with Gasteiger partial charge in [-0.3, -0.25) is 4.90 Å². The molecule has 184 valence electrons. The third-order valence-electron chi connectivity index (χ3n) is 6.79. The number of halogens is 1. The van der Waals surface area contributed by atoms with Gasteiger partial charge in [0.05, 0.1) is 43.0 Å². The largest absolute Gasteiger partial charge is 0.496 e. The van der Waals surface area contributed by atoms with Crippen molar-refractivity contribution in [1.82, 2.24) is 9.21 Å². The lowest BCUT2D eigenvalue weighted by Crippen LogP contribution is -2.51. The van der Waals surface area contributed by atoms with Crippen molar-refractivity contribution in [1.29, 1.82) is 0 Å². The van der Waals surface area contributed by atoms with Crippen LogP contribution in [0.1, 0.15) is 12.0 Å². The van der Waals surface area contributed by atoms with E-state index in [9.17, 15) is 12.8 Å². The fourth-order valence-electron chi connectivity index (χ4n) is 5.09. The molecule has 0 radical (unpaired) electrons. The van der Waals surface area contributed by atoms with Crippen molar-refractivity contribution in [2.45, 2.75) is 17.1 Å². The van der Waals surface area contributed by atoms with Crippen molar-refractivity contribution in [2.24, 2.45) is 0 Å². The molecule has 3 heterocycles. The molecule has 0 bridgehead atoms. The second-order valence-electron chi connectivity index (χ2n) is 8.76. The SMILES string of the molecule is COc1cccc2c1C1(CN(CCCN3CCN(c4ccccc4F)CC3)S2(=O)=O)OCCO1. The summed E-state index contributed by atoms with van der Waals surface area (Å²) in [5.74, 6) is -0.887. The van der Waals surface area contributed by atoms with Gasteiger partial charge in [0, 0.05) is 32.7 Å². The zero-order valence-corrected chi connectivity index (χ0v) is 20.1. The molecule has 10 heteroatoms. The highest BCUT2D eigenvalue weighted by Crippen LogP contribution is 2.46. The second-order valence-corrected chi connectivity index (χ2v) is 10.7. The van der Waals surface area contributed by atoms with Crippen LogP contribution in [-0.4, -0.2) is 83.8 Å². The van der Waals surface area contributed by atoms with Gasteiger partial charge in [0.25, 0.3) is 0 Å². The predicted octanol–water partition coefficient (Wildman–Crippen LogP) is 2.25. The first-order chi connectivity index (χ1) is 16.4. The predicted molar refractivity (Wildman–Crippen MR) is 125 cm³/mol. The van der Waals surface area contributed by atoms with E-state index in [0.29, 0.717) is 43.2 Å². The molecule has 2 fully saturated rings. The first-order valence-electron chi connectivity index (χ1n) is 11.6. The maximum atomic E-state index is 14.1. The second kappa shape index (κ2) is 9.43. The fourth-order valence-corrected chi connectivity index (χ4v) is 6.84. The van der Waals surface area contributed by atoms with E-state index < -0.39 is 15.8 Å². The number of methoxy groups -OCH3 is 1. The Morgan fingerprint density at radius 3 is 2.44 bits per heavy atom. The number of fused-ring (bicyclic) bond motifs is 2. The van der Waals surface area contributed by atoms with Crippen LogP contribution in [0.2, 0.25) is 0 Å². The summed E-state index contributed by atoms with van der Waals surface area (Å²) in [4.78, 5) is 4.53. The minimum absolute atomic E-state index is 0.101. The zero-order valence-electron chi connectivity index (χ0n) is 19.3. The van der Waals surface area contributed by atoms with Crippen LogP contribution in [0.25, 0.3) is 0 Å². The van der Waals surface area contributed by atoms with Crippen LogP contribution in [-0.2, 0) is 25.3 Å². The monoisotopic (exact) mass is 491 g/mol. The van der Waals surface area contributed by atoms with Gasteiger partial charge in [-0.05, 0) is 37.2 Å². The number of piperazine rings is 1. The van der Waals surface area contributed by atoms with E-state index in [1.54, 1.807) is 24.3 Å². The first kappa shape index (κ1) is 23.5. The molecular weight excluding hydrogens is 461 g/mol. The van der Waals surface area contributed by atoms with E-state index in [1.807, 2.05) is 12.1 Å². The molecule has 3 aliphatic heterocycles. The van der Waals surface area contributed by atoms with Crippen molar-refractivity contribution >= 4 is 15.7 Å². The van der Waals surface area contributed by atoms with Gasteiger partial charge >= 0.3 is 0 Å². The Kier molecular flexibility index (Phi) is 6.51. The molecule has 0 aromatic heterocycles. The van der Waals surface area contributed by atoms with E-state index >= 15 is 0 Å². The maximum Gasteiger partial charge on any atom is 0.243 e. The normalized spacial score (nSPS) is 22.1. The summed E-state index contributed by atoms with van der Waals surface area (Å²) >= 11 is 0. The average Bonchev–Trinajstić information content (AvgIpc) is 3.32. The van der Waals surface area contributed by atoms with Crippen LogP contribution in [0.15, 0.2) is 47.4 Å². The molecule has 0 unspecified atom stereocenters. The number of rotatable bonds is 6. The molecule has 0 N–H and O–H groups in total. The number of anilines is 1. The molecule has 34 heavy (non-hydrogen) atoms. The van der Waals surface area contributed by atoms with Gasteiger partial charge in [0.15, 0.2) is 0 Å². The molecule has 8 nitrogen and oxygen atoms in total. The van der Waals surface area contributed by atoms with Gasteiger partial charge in [-0.1, -0.05) is 18.2 Å². The molecular formula is C24H30FN3O5S. The standard InChI is InChI=1S/C24H30FN3O5S/c1-31-21-8-4-9-22-23(21)24(32-16-17-33-24)18-28(34(22,29)30)11-5-10-26-12-14-27(15-13-26)20-7-3-2-6-19(20)25/h2-4,6-9H,5,10-18H2,1H3. The lowest BCUT2D eigenvalue weighted by Gasteiger charge is -2.40. The Hall–Kier alpha value is -2.24. The first-order valence-corrected chi connectivity index (χ1v) is 13.1. The summed E-state index contributed by atoms with van der Waals surface area (Å²) in [7, 11) is -2.19. The van der Waals surface area contributed by atoms with Crippen LogP contribution in [0.5, 0.6) is 5.75 Å². The Balaban J connectivity index is 1.24. The van der Waals surface area contributed by atoms with Crippen molar-refractivity contribution in [3.8, 4) is 5.75 Å². The average molecular weight is 492 g/mol. The molecule has 2 saturated heterocycles. The van der Waals surface area contributed by atoms with E-state index in [0.717, 1.165) is 32.7 Å². The molecule has 3 aliphatic rings.